The second-order valence-electron chi connectivity index (χ2n) is 5.51. The molecule has 0 aliphatic rings. The van der Waals surface area contributed by atoms with Gasteiger partial charge >= 0.3 is 0 Å². The Labute approximate surface area is 139 Å². The molecule has 0 unspecified atom stereocenters. The molecule has 0 aliphatic carbocycles. The molecule has 0 aromatic heterocycles. The highest BCUT2D eigenvalue weighted by Gasteiger charge is 2.07. The monoisotopic (exact) mass is 316 g/mol. The summed E-state index contributed by atoms with van der Waals surface area (Å²) < 4.78 is 0. The highest BCUT2D eigenvalue weighted by atomic mass is 16.1. The molecule has 3 rings (SSSR count). The lowest BCUT2D eigenvalue weighted by molar-refractivity contribution is 0.111. The number of rotatable bonds is 4. The first-order valence-corrected chi connectivity index (χ1v) is 7.42. The largest absolute Gasteiger partial charge is 0.398 e. The minimum atomic E-state index is 0.552. The topological polar surface area (TPSA) is 86.2 Å². The molecular formula is C20H16N2O2. The van der Waals surface area contributed by atoms with Crippen molar-refractivity contribution in [3.63, 3.8) is 0 Å². The van der Waals surface area contributed by atoms with Gasteiger partial charge < -0.3 is 11.5 Å². The van der Waals surface area contributed by atoms with Crippen LogP contribution in [0.1, 0.15) is 20.7 Å². The number of anilines is 2. The lowest BCUT2D eigenvalue weighted by Gasteiger charge is -2.10. The Morgan fingerprint density at radius 2 is 0.958 bits per heavy atom. The lowest BCUT2D eigenvalue weighted by Crippen LogP contribution is -1.94. The summed E-state index contributed by atoms with van der Waals surface area (Å²) in [7, 11) is 0. The predicted molar refractivity (Wildman–Crippen MR) is 96.9 cm³/mol. The van der Waals surface area contributed by atoms with E-state index in [2.05, 4.69) is 0 Å². The van der Waals surface area contributed by atoms with Crippen molar-refractivity contribution in [3.05, 3.63) is 71.8 Å². The van der Waals surface area contributed by atoms with Gasteiger partial charge in [-0.05, 0) is 23.3 Å². The normalized spacial score (nSPS) is 10.3. The quantitative estimate of drug-likeness (QED) is 0.566. The minimum Gasteiger partial charge on any atom is -0.398 e. The van der Waals surface area contributed by atoms with Gasteiger partial charge in [-0.15, -0.1) is 0 Å². The smallest absolute Gasteiger partial charge is 0.150 e. The molecule has 0 amide bonds. The number of hydrogen-bond acceptors (Lipinski definition) is 4. The van der Waals surface area contributed by atoms with E-state index < -0.39 is 0 Å². The number of nitrogens with two attached hydrogens (primary N) is 2. The van der Waals surface area contributed by atoms with Gasteiger partial charge in [0.05, 0.1) is 0 Å². The van der Waals surface area contributed by atoms with Crippen molar-refractivity contribution in [3.8, 4) is 22.3 Å². The first kappa shape index (κ1) is 15.5. The molecule has 24 heavy (non-hydrogen) atoms. The number of aldehydes is 2. The highest BCUT2D eigenvalue weighted by molar-refractivity contribution is 5.86. The zero-order valence-corrected chi connectivity index (χ0v) is 12.9. The Kier molecular flexibility index (Phi) is 4.12. The molecule has 0 aliphatic heterocycles. The van der Waals surface area contributed by atoms with E-state index in [0.717, 1.165) is 34.8 Å². The second-order valence-corrected chi connectivity index (χ2v) is 5.51. The van der Waals surface area contributed by atoms with E-state index >= 15 is 0 Å². The van der Waals surface area contributed by atoms with Gasteiger partial charge in [-0.3, -0.25) is 9.59 Å². The maximum atomic E-state index is 10.8. The molecule has 0 radical (unpaired) electrons. The van der Waals surface area contributed by atoms with Crippen LogP contribution in [0.5, 0.6) is 0 Å². The van der Waals surface area contributed by atoms with Gasteiger partial charge in [-0.25, -0.2) is 0 Å². The Bertz CT molecular complexity index is 839. The maximum Gasteiger partial charge on any atom is 0.150 e. The number of carbonyl (C=O) groups excluding carboxylic acids is 2. The van der Waals surface area contributed by atoms with E-state index in [1.165, 1.54) is 0 Å². The summed E-state index contributed by atoms with van der Waals surface area (Å²) in [6.45, 7) is 0. The molecule has 0 spiro atoms. The second kappa shape index (κ2) is 6.38. The maximum absolute atomic E-state index is 10.8. The molecule has 4 heteroatoms. The molecule has 118 valence electrons. The summed E-state index contributed by atoms with van der Waals surface area (Å²) >= 11 is 0. The SMILES string of the molecule is Nc1cc(C=O)ccc1-c1ccc(-c2ccc(C=O)cc2N)cc1. The summed E-state index contributed by atoms with van der Waals surface area (Å²) in [6, 6.07) is 18.3. The van der Waals surface area contributed by atoms with E-state index in [1.54, 1.807) is 24.3 Å². The van der Waals surface area contributed by atoms with Crippen molar-refractivity contribution >= 4 is 23.9 Å². The average Bonchev–Trinajstić information content (AvgIpc) is 2.61. The van der Waals surface area contributed by atoms with Gasteiger partial charge in [0.1, 0.15) is 12.6 Å². The zero-order chi connectivity index (χ0) is 17.1. The predicted octanol–water partition coefficient (Wildman–Crippen LogP) is 3.81. The molecule has 4 nitrogen and oxygen atoms in total. The number of hydrogen-bond donors (Lipinski definition) is 2. The van der Waals surface area contributed by atoms with Gasteiger partial charge in [0.15, 0.2) is 0 Å². The highest BCUT2D eigenvalue weighted by Crippen LogP contribution is 2.31. The van der Waals surface area contributed by atoms with Crippen molar-refractivity contribution in [1.29, 1.82) is 0 Å². The van der Waals surface area contributed by atoms with Crippen LogP contribution >= 0.6 is 0 Å². The van der Waals surface area contributed by atoms with Gasteiger partial charge in [0.25, 0.3) is 0 Å². The van der Waals surface area contributed by atoms with Crippen LogP contribution in [-0.4, -0.2) is 12.6 Å². The van der Waals surface area contributed by atoms with Crippen LogP contribution in [0, 0.1) is 0 Å². The van der Waals surface area contributed by atoms with Crippen LogP contribution in [0.25, 0.3) is 22.3 Å². The van der Waals surface area contributed by atoms with Crippen molar-refractivity contribution < 1.29 is 9.59 Å². The summed E-state index contributed by atoms with van der Waals surface area (Å²) in [4.78, 5) is 21.6. The molecule has 3 aromatic rings. The van der Waals surface area contributed by atoms with Crippen molar-refractivity contribution in [1.82, 2.24) is 0 Å². The Hall–Kier alpha value is -3.40. The van der Waals surface area contributed by atoms with E-state index in [1.807, 2.05) is 36.4 Å². The van der Waals surface area contributed by atoms with Crippen LogP contribution in [0.15, 0.2) is 60.7 Å². The first-order chi connectivity index (χ1) is 11.6. The third-order valence-electron chi connectivity index (χ3n) is 3.93. The molecular weight excluding hydrogens is 300 g/mol. The number of carbonyl (C=O) groups is 2. The third-order valence-corrected chi connectivity index (χ3v) is 3.93. The molecule has 0 fully saturated rings. The van der Waals surface area contributed by atoms with Gasteiger partial charge in [-0.2, -0.15) is 0 Å². The molecule has 4 N–H and O–H groups in total. The summed E-state index contributed by atoms with van der Waals surface area (Å²) in [5.74, 6) is 0. The summed E-state index contributed by atoms with van der Waals surface area (Å²) in [5.41, 5.74) is 17.9. The van der Waals surface area contributed by atoms with E-state index in [-0.39, 0.29) is 0 Å². The molecule has 0 saturated heterocycles. The van der Waals surface area contributed by atoms with Crippen LogP contribution < -0.4 is 11.5 Å². The Morgan fingerprint density at radius 3 is 1.25 bits per heavy atom. The van der Waals surface area contributed by atoms with Gasteiger partial charge in [0.2, 0.25) is 0 Å². The fourth-order valence-electron chi connectivity index (χ4n) is 2.66. The van der Waals surface area contributed by atoms with Gasteiger partial charge in [-0.1, -0.05) is 48.5 Å². The van der Waals surface area contributed by atoms with Gasteiger partial charge in [0, 0.05) is 33.6 Å². The van der Waals surface area contributed by atoms with Crippen LogP contribution in [0.4, 0.5) is 11.4 Å². The van der Waals surface area contributed by atoms with E-state index in [4.69, 9.17) is 11.5 Å². The molecule has 0 bridgehead atoms. The third kappa shape index (κ3) is 2.90. The van der Waals surface area contributed by atoms with Crippen LogP contribution in [-0.2, 0) is 0 Å². The molecule has 0 atom stereocenters. The number of nitrogen functional groups attached to an aromatic ring is 2. The summed E-state index contributed by atoms with van der Waals surface area (Å²) in [6.07, 6.45) is 1.55. The van der Waals surface area contributed by atoms with Crippen LogP contribution in [0.3, 0.4) is 0 Å². The summed E-state index contributed by atoms with van der Waals surface area (Å²) in [5, 5.41) is 0. The van der Waals surface area contributed by atoms with Crippen LogP contribution in [0.2, 0.25) is 0 Å². The lowest BCUT2D eigenvalue weighted by atomic mass is 9.97. The standard InChI is InChI=1S/C20H16N2O2/c21-19-9-13(11-23)1-7-17(19)15-3-5-16(6-4-15)18-8-2-14(12-24)10-20(18)22/h1-12H,21-22H2. The van der Waals surface area contributed by atoms with E-state index in [0.29, 0.717) is 22.5 Å². The van der Waals surface area contributed by atoms with E-state index in [9.17, 15) is 9.59 Å². The number of benzene rings is 3. The molecule has 0 heterocycles. The molecule has 3 aromatic carbocycles. The fraction of sp³-hybridized carbons (Fsp3) is 0. The molecule has 0 saturated carbocycles. The van der Waals surface area contributed by atoms with Crippen molar-refractivity contribution in [2.75, 3.05) is 11.5 Å². The minimum absolute atomic E-state index is 0.552. The zero-order valence-electron chi connectivity index (χ0n) is 12.9. The van der Waals surface area contributed by atoms with Crippen molar-refractivity contribution in [2.45, 2.75) is 0 Å². The Morgan fingerprint density at radius 1 is 0.583 bits per heavy atom. The average molecular weight is 316 g/mol. The fourth-order valence-corrected chi connectivity index (χ4v) is 2.66. The van der Waals surface area contributed by atoms with Crippen molar-refractivity contribution in [2.24, 2.45) is 0 Å². The first-order valence-electron chi connectivity index (χ1n) is 7.42. The Balaban J connectivity index is 1.96.